The zero-order valence-corrected chi connectivity index (χ0v) is 20.8. The largest absolute Gasteiger partial charge is 0.493 e. The molecule has 10 heteroatoms. The van der Waals surface area contributed by atoms with Gasteiger partial charge in [0.05, 0.1) is 10.4 Å². The summed E-state index contributed by atoms with van der Waals surface area (Å²) >= 11 is 4.82. The summed E-state index contributed by atoms with van der Waals surface area (Å²) in [6, 6.07) is 3.38. The monoisotopic (exact) mass is 477 g/mol. The van der Waals surface area contributed by atoms with Gasteiger partial charge in [0.2, 0.25) is 21.0 Å². The first-order valence-corrected chi connectivity index (χ1v) is 12.8. The minimum atomic E-state index is -3.71. The van der Waals surface area contributed by atoms with E-state index in [-0.39, 0.29) is 33.0 Å². The first-order chi connectivity index (χ1) is 14.8. The van der Waals surface area contributed by atoms with Crippen molar-refractivity contribution in [2.24, 2.45) is 27.8 Å². The Morgan fingerprint density at radius 1 is 1.22 bits per heavy atom. The Morgan fingerprint density at radius 2 is 1.84 bits per heavy atom. The van der Waals surface area contributed by atoms with Crippen LogP contribution in [0.15, 0.2) is 27.3 Å². The van der Waals surface area contributed by atoms with Crippen LogP contribution in [0.4, 0.5) is 5.69 Å². The van der Waals surface area contributed by atoms with E-state index in [1.54, 1.807) is 16.4 Å². The van der Waals surface area contributed by atoms with Gasteiger partial charge >= 0.3 is 0 Å². The molecule has 32 heavy (non-hydrogen) atoms. The molecule has 0 aliphatic carbocycles. The fraction of sp³-hybridized carbons (Fsp3) is 0.591. The summed E-state index contributed by atoms with van der Waals surface area (Å²) in [7, 11) is -3.71. The van der Waals surface area contributed by atoms with Crippen LogP contribution in [-0.4, -0.2) is 40.6 Å². The standard InChI is InChI=1S/C22H31N5O3S2/c1-12-6-13(2)11-26(10-12)32(29,30)15-7-16-14(3)9-22(4,5)27-19(16)17(8-15)18(20(27)28)24-25-21(23)31/h7-8,12-14,28H,6,9-11H2,1-5H3,(H2,23,31). The number of thiocarbonyl (C=S) groups is 1. The van der Waals surface area contributed by atoms with Crippen molar-refractivity contribution in [3.05, 3.63) is 17.7 Å². The molecule has 2 aliphatic rings. The van der Waals surface area contributed by atoms with Gasteiger partial charge in [-0.15, -0.1) is 10.2 Å². The number of piperidine rings is 1. The molecule has 3 atom stereocenters. The smallest absolute Gasteiger partial charge is 0.243 e. The first-order valence-electron chi connectivity index (χ1n) is 11.0. The van der Waals surface area contributed by atoms with Crippen molar-refractivity contribution >= 4 is 43.9 Å². The van der Waals surface area contributed by atoms with E-state index in [1.165, 1.54) is 0 Å². The minimum Gasteiger partial charge on any atom is -0.493 e. The van der Waals surface area contributed by atoms with Gasteiger partial charge in [-0.25, -0.2) is 8.42 Å². The molecule has 0 amide bonds. The van der Waals surface area contributed by atoms with Gasteiger partial charge in [0, 0.05) is 24.0 Å². The summed E-state index contributed by atoms with van der Waals surface area (Å²) in [5, 5.41) is 19.3. The van der Waals surface area contributed by atoms with Gasteiger partial charge in [-0.05, 0) is 74.4 Å². The summed E-state index contributed by atoms with van der Waals surface area (Å²) < 4.78 is 30.8. The van der Waals surface area contributed by atoms with Crippen molar-refractivity contribution in [1.82, 2.24) is 8.87 Å². The third kappa shape index (κ3) is 3.72. The molecule has 3 heterocycles. The molecule has 1 aromatic heterocycles. The highest BCUT2D eigenvalue weighted by atomic mass is 32.2. The normalized spacial score (nSPS) is 26.1. The fourth-order valence-corrected chi connectivity index (χ4v) is 7.39. The second kappa shape index (κ2) is 7.78. The predicted molar refractivity (Wildman–Crippen MR) is 129 cm³/mol. The van der Waals surface area contributed by atoms with E-state index < -0.39 is 10.0 Å². The van der Waals surface area contributed by atoms with Crippen LogP contribution in [0, 0.1) is 11.8 Å². The number of azo groups is 1. The fourth-order valence-electron chi connectivity index (χ4n) is 5.61. The van der Waals surface area contributed by atoms with E-state index in [0.29, 0.717) is 30.3 Å². The molecule has 1 aromatic carbocycles. The number of benzene rings is 1. The second-order valence-electron chi connectivity index (χ2n) is 10.1. The summed E-state index contributed by atoms with van der Waals surface area (Å²) in [6.45, 7) is 11.3. The number of nitrogens with two attached hydrogens (primary N) is 1. The Balaban J connectivity index is 1.98. The maximum atomic E-state index is 13.7. The molecule has 4 rings (SSSR count). The summed E-state index contributed by atoms with van der Waals surface area (Å²) in [4.78, 5) is 0.219. The summed E-state index contributed by atoms with van der Waals surface area (Å²) in [5.41, 5.74) is 6.96. The zero-order chi connectivity index (χ0) is 23.6. The van der Waals surface area contributed by atoms with Crippen LogP contribution in [-0.2, 0) is 15.6 Å². The van der Waals surface area contributed by atoms with Crippen molar-refractivity contribution in [1.29, 1.82) is 0 Å². The van der Waals surface area contributed by atoms with Crippen LogP contribution in [0.25, 0.3) is 10.9 Å². The Hall–Kier alpha value is -2.04. The lowest BCUT2D eigenvalue weighted by Crippen LogP contribution is -2.42. The van der Waals surface area contributed by atoms with Gasteiger partial charge in [-0.3, -0.25) is 0 Å². The quantitative estimate of drug-likeness (QED) is 0.496. The Bertz CT molecular complexity index is 1220. The molecule has 1 fully saturated rings. The van der Waals surface area contributed by atoms with Crippen LogP contribution in [0.1, 0.15) is 58.9 Å². The maximum Gasteiger partial charge on any atom is 0.243 e. The number of hydrogen-bond acceptors (Lipinski definition) is 5. The third-order valence-electron chi connectivity index (χ3n) is 6.68. The number of rotatable bonds is 3. The van der Waals surface area contributed by atoms with E-state index >= 15 is 0 Å². The van der Waals surface area contributed by atoms with Gasteiger partial charge < -0.3 is 15.4 Å². The van der Waals surface area contributed by atoms with Gasteiger partial charge in [-0.1, -0.05) is 20.8 Å². The lowest BCUT2D eigenvalue weighted by atomic mass is 9.82. The minimum absolute atomic E-state index is 0.0621. The summed E-state index contributed by atoms with van der Waals surface area (Å²) in [5.74, 6) is 0.641. The maximum absolute atomic E-state index is 13.7. The molecule has 0 spiro atoms. The first kappa shape index (κ1) is 23.1. The van der Waals surface area contributed by atoms with Crippen LogP contribution in [0.2, 0.25) is 0 Å². The molecule has 8 nitrogen and oxygen atoms in total. The van der Waals surface area contributed by atoms with Crippen LogP contribution in [0.3, 0.4) is 0 Å². The van der Waals surface area contributed by atoms with E-state index in [4.69, 9.17) is 18.0 Å². The highest BCUT2D eigenvalue weighted by Crippen LogP contribution is 2.51. The van der Waals surface area contributed by atoms with Gasteiger partial charge in [0.25, 0.3) is 0 Å². The van der Waals surface area contributed by atoms with E-state index in [1.807, 2.05) is 18.4 Å². The highest BCUT2D eigenvalue weighted by molar-refractivity contribution is 7.89. The number of hydrogen-bond donors (Lipinski definition) is 2. The predicted octanol–water partition coefficient (Wildman–Crippen LogP) is 4.58. The van der Waals surface area contributed by atoms with Gasteiger partial charge in [0.15, 0.2) is 5.69 Å². The lowest BCUT2D eigenvalue weighted by Gasteiger charge is -2.37. The number of aromatic nitrogens is 1. The third-order valence-corrected chi connectivity index (χ3v) is 8.57. The van der Waals surface area contributed by atoms with Crippen LogP contribution < -0.4 is 5.73 Å². The van der Waals surface area contributed by atoms with Crippen molar-refractivity contribution < 1.29 is 13.5 Å². The molecule has 2 aliphatic heterocycles. The van der Waals surface area contributed by atoms with E-state index in [0.717, 1.165) is 23.9 Å². The van der Waals surface area contributed by atoms with E-state index in [9.17, 15) is 13.5 Å². The van der Waals surface area contributed by atoms with Gasteiger partial charge in [0.1, 0.15) is 0 Å². The number of nitrogens with zero attached hydrogens (tertiary/aromatic N) is 4. The number of aromatic hydroxyl groups is 1. The van der Waals surface area contributed by atoms with Gasteiger partial charge in [-0.2, -0.15) is 4.31 Å². The number of sulfonamides is 1. The topological polar surface area (TPSA) is 113 Å². The molecule has 0 radical (unpaired) electrons. The molecule has 1 saturated heterocycles. The van der Waals surface area contributed by atoms with E-state index in [2.05, 4.69) is 31.0 Å². The van der Waals surface area contributed by atoms with Crippen molar-refractivity contribution in [2.75, 3.05) is 13.1 Å². The summed E-state index contributed by atoms with van der Waals surface area (Å²) in [6.07, 6.45) is 1.76. The average Bonchev–Trinajstić information content (AvgIpc) is 2.95. The van der Waals surface area contributed by atoms with Crippen molar-refractivity contribution in [2.45, 2.75) is 63.8 Å². The molecule has 2 aromatic rings. The Labute approximate surface area is 194 Å². The molecular weight excluding hydrogens is 446 g/mol. The SMILES string of the molecule is CC1CC(C)CN(S(=O)(=O)c2cc3c4c(c2)c(N=NC(N)=S)c(O)n4C(C)(C)CC3C)C1. The Morgan fingerprint density at radius 3 is 2.44 bits per heavy atom. The van der Waals surface area contributed by atoms with Crippen LogP contribution >= 0.6 is 12.2 Å². The average molecular weight is 478 g/mol. The molecule has 0 bridgehead atoms. The molecule has 0 saturated carbocycles. The van der Waals surface area contributed by atoms with Crippen molar-refractivity contribution in [3.63, 3.8) is 0 Å². The molecular formula is C22H31N5O3S2. The zero-order valence-electron chi connectivity index (χ0n) is 19.2. The molecule has 3 N–H and O–H groups in total. The van der Waals surface area contributed by atoms with Crippen LogP contribution in [0.5, 0.6) is 5.88 Å². The Kier molecular flexibility index (Phi) is 5.62. The lowest BCUT2D eigenvalue weighted by molar-refractivity contribution is 0.222. The molecule has 3 unspecified atom stereocenters. The second-order valence-corrected chi connectivity index (χ2v) is 12.5. The van der Waals surface area contributed by atoms with Crippen molar-refractivity contribution in [3.8, 4) is 5.88 Å². The highest BCUT2D eigenvalue weighted by Gasteiger charge is 2.39. The molecule has 174 valence electrons.